The Morgan fingerprint density at radius 3 is 2.52 bits per heavy atom. The quantitative estimate of drug-likeness (QED) is 0.579. The number of benzene rings is 1. The van der Waals surface area contributed by atoms with Crippen LogP contribution in [-0.2, 0) is 6.18 Å². The van der Waals surface area contributed by atoms with E-state index in [0.29, 0.717) is 37.3 Å². The second-order valence-electron chi connectivity index (χ2n) is 8.71. The summed E-state index contributed by atoms with van der Waals surface area (Å²) in [6, 6.07) is 5.06. The van der Waals surface area contributed by atoms with Crippen LogP contribution < -0.4 is 15.0 Å². The lowest BCUT2D eigenvalue weighted by Gasteiger charge is -2.46. The molecule has 3 rings (SSSR count). The fourth-order valence-electron chi connectivity index (χ4n) is 3.70. The minimum absolute atomic E-state index is 0.109. The molecule has 2 N–H and O–H groups in total. The molecule has 12 heteroatoms. The lowest BCUT2D eigenvalue weighted by Crippen LogP contribution is -2.59. The van der Waals surface area contributed by atoms with Crippen molar-refractivity contribution in [2.24, 2.45) is 5.41 Å². The molecule has 0 saturated carbocycles. The minimum Gasteiger partial charge on any atom is -0.494 e. The maximum Gasteiger partial charge on any atom is 0.420 e. The number of rotatable bonds is 4. The van der Waals surface area contributed by atoms with Gasteiger partial charge in [-0.25, -0.2) is 14.8 Å². The predicted octanol–water partition coefficient (Wildman–Crippen LogP) is 5.12. The van der Waals surface area contributed by atoms with E-state index in [1.54, 1.807) is 12.1 Å². The van der Waals surface area contributed by atoms with Crippen LogP contribution in [0.4, 0.5) is 35.3 Å². The molecule has 33 heavy (non-hydrogen) atoms. The van der Waals surface area contributed by atoms with E-state index in [0.717, 1.165) is 5.69 Å². The van der Waals surface area contributed by atoms with Crippen LogP contribution in [0.1, 0.15) is 26.3 Å². The highest BCUT2D eigenvalue weighted by molar-refractivity contribution is 6.30. The summed E-state index contributed by atoms with van der Waals surface area (Å²) in [5, 5.41) is 11.7. The van der Waals surface area contributed by atoms with Crippen molar-refractivity contribution in [1.82, 2.24) is 14.9 Å². The van der Waals surface area contributed by atoms with Gasteiger partial charge in [0, 0.05) is 37.6 Å². The third-order valence-electron chi connectivity index (χ3n) is 5.47. The summed E-state index contributed by atoms with van der Waals surface area (Å²) in [6.07, 6.45) is -4.97. The number of amides is 1. The summed E-state index contributed by atoms with van der Waals surface area (Å²) in [5.74, 6) is 0.307. The molecule has 0 aliphatic carbocycles. The molecular formula is C21H25ClF3N5O3. The summed E-state index contributed by atoms with van der Waals surface area (Å²) < 4.78 is 44.1. The number of carbonyl (C=O) groups is 1. The lowest BCUT2D eigenvalue weighted by atomic mass is 9.84. The molecule has 1 fully saturated rings. The Bertz CT molecular complexity index is 1030. The van der Waals surface area contributed by atoms with Gasteiger partial charge in [0.2, 0.25) is 5.95 Å². The first-order valence-corrected chi connectivity index (χ1v) is 10.5. The summed E-state index contributed by atoms with van der Waals surface area (Å²) in [7, 11) is 1.46. The van der Waals surface area contributed by atoms with Crippen LogP contribution in [0.25, 0.3) is 0 Å². The van der Waals surface area contributed by atoms with E-state index in [1.807, 2.05) is 26.8 Å². The van der Waals surface area contributed by atoms with Gasteiger partial charge in [0.15, 0.2) is 0 Å². The maximum absolute atomic E-state index is 12.9. The van der Waals surface area contributed by atoms with Crippen molar-refractivity contribution in [3.8, 4) is 5.75 Å². The number of ether oxygens (including phenoxy) is 1. The minimum atomic E-state index is -4.65. The number of piperazine rings is 1. The van der Waals surface area contributed by atoms with Gasteiger partial charge in [-0.3, -0.25) is 0 Å². The molecule has 1 aliphatic heterocycles. The molecule has 0 radical (unpaired) electrons. The van der Waals surface area contributed by atoms with E-state index >= 15 is 0 Å². The molecule has 2 heterocycles. The zero-order valence-electron chi connectivity index (χ0n) is 18.6. The Morgan fingerprint density at radius 1 is 1.27 bits per heavy atom. The molecule has 180 valence electrons. The Kier molecular flexibility index (Phi) is 6.83. The van der Waals surface area contributed by atoms with Crippen LogP contribution in [0.3, 0.4) is 0 Å². The number of aromatic nitrogens is 2. The first-order valence-electron chi connectivity index (χ1n) is 10.1. The first-order chi connectivity index (χ1) is 15.3. The zero-order chi connectivity index (χ0) is 24.6. The number of halogens is 4. The molecule has 1 aromatic carbocycles. The van der Waals surface area contributed by atoms with Crippen molar-refractivity contribution >= 4 is 35.0 Å². The highest BCUT2D eigenvalue weighted by atomic mass is 35.5. The van der Waals surface area contributed by atoms with Crippen molar-refractivity contribution in [3.05, 3.63) is 35.1 Å². The van der Waals surface area contributed by atoms with Gasteiger partial charge < -0.3 is 25.0 Å². The zero-order valence-corrected chi connectivity index (χ0v) is 19.3. The van der Waals surface area contributed by atoms with Crippen LogP contribution in [0.2, 0.25) is 5.15 Å². The average Bonchev–Trinajstić information content (AvgIpc) is 2.72. The monoisotopic (exact) mass is 487 g/mol. The summed E-state index contributed by atoms with van der Waals surface area (Å²) in [4.78, 5) is 22.6. The number of hydrogen-bond donors (Lipinski definition) is 2. The van der Waals surface area contributed by atoms with Gasteiger partial charge in [-0.05, 0) is 17.5 Å². The van der Waals surface area contributed by atoms with E-state index in [2.05, 4.69) is 20.2 Å². The highest BCUT2D eigenvalue weighted by Crippen LogP contribution is 2.36. The molecule has 1 aromatic heterocycles. The second kappa shape index (κ2) is 9.12. The molecular weight excluding hydrogens is 463 g/mol. The van der Waals surface area contributed by atoms with E-state index in [4.69, 9.17) is 16.3 Å². The number of anilines is 3. The normalized spacial score (nSPS) is 17.2. The Morgan fingerprint density at radius 2 is 1.97 bits per heavy atom. The fraction of sp³-hybridized carbons (Fsp3) is 0.476. The third kappa shape index (κ3) is 5.52. The standard InChI is InChI=1S/C21H25ClF3N5O3/c1-20(2,3)16-11-29(7-8-30(16)19(31)32)12-5-6-14(15(9-12)33-4)27-18-26-10-13(17(22)28-18)21(23,24)25/h5-6,9-10,16H,7-8,11H2,1-4H3,(H,31,32)(H,26,27,28). The van der Waals surface area contributed by atoms with E-state index in [-0.39, 0.29) is 17.4 Å². The molecule has 1 aliphatic rings. The summed E-state index contributed by atoms with van der Waals surface area (Å²) >= 11 is 5.67. The number of alkyl halides is 3. The fourth-order valence-corrected chi connectivity index (χ4v) is 3.94. The van der Waals surface area contributed by atoms with Gasteiger partial charge in [-0.2, -0.15) is 13.2 Å². The number of nitrogens with zero attached hydrogens (tertiary/aromatic N) is 4. The molecule has 1 atom stereocenters. The van der Waals surface area contributed by atoms with Gasteiger partial charge >= 0.3 is 12.3 Å². The molecule has 0 bridgehead atoms. The van der Waals surface area contributed by atoms with Crippen LogP contribution in [0.5, 0.6) is 5.75 Å². The summed E-state index contributed by atoms with van der Waals surface area (Å²) in [6.45, 7) is 7.37. The SMILES string of the molecule is COc1cc(N2CCN(C(=O)O)C(C(C)(C)C)C2)ccc1Nc1ncc(C(F)(F)F)c(Cl)n1. The summed E-state index contributed by atoms with van der Waals surface area (Å²) in [5.41, 5.74) is -0.121. The first kappa shape index (κ1) is 24.7. The molecule has 8 nitrogen and oxygen atoms in total. The van der Waals surface area contributed by atoms with Crippen LogP contribution in [0.15, 0.2) is 24.4 Å². The molecule has 1 unspecified atom stereocenters. The second-order valence-corrected chi connectivity index (χ2v) is 9.07. The lowest BCUT2D eigenvalue weighted by molar-refractivity contribution is -0.137. The number of methoxy groups -OCH3 is 1. The van der Waals surface area contributed by atoms with Crippen LogP contribution in [0, 0.1) is 5.41 Å². The largest absolute Gasteiger partial charge is 0.494 e. The van der Waals surface area contributed by atoms with Crippen molar-refractivity contribution in [2.45, 2.75) is 33.0 Å². The van der Waals surface area contributed by atoms with E-state index in [1.165, 1.54) is 12.0 Å². The van der Waals surface area contributed by atoms with Crippen molar-refractivity contribution in [1.29, 1.82) is 0 Å². The van der Waals surface area contributed by atoms with Crippen LogP contribution in [-0.4, -0.2) is 58.9 Å². The van der Waals surface area contributed by atoms with E-state index in [9.17, 15) is 23.1 Å². The molecule has 0 spiro atoms. The topological polar surface area (TPSA) is 90.8 Å². The third-order valence-corrected chi connectivity index (χ3v) is 5.76. The Labute approximate surface area is 194 Å². The molecule has 1 saturated heterocycles. The Balaban J connectivity index is 1.83. The predicted molar refractivity (Wildman–Crippen MR) is 119 cm³/mol. The van der Waals surface area contributed by atoms with E-state index < -0.39 is 23.0 Å². The van der Waals surface area contributed by atoms with Gasteiger partial charge in [-0.1, -0.05) is 32.4 Å². The number of nitrogens with one attached hydrogen (secondary N) is 1. The smallest absolute Gasteiger partial charge is 0.420 e. The highest BCUT2D eigenvalue weighted by Gasteiger charge is 2.38. The van der Waals surface area contributed by atoms with Gasteiger partial charge in [0.25, 0.3) is 0 Å². The van der Waals surface area contributed by atoms with Crippen LogP contribution >= 0.6 is 11.6 Å². The molecule has 1 amide bonds. The Hall–Kier alpha value is -2.95. The van der Waals surface area contributed by atoms with Crippen molar-refractivity contribution < 1.29 is 27.8 Å². The molecule has 2 aromatic rings. The maximum atomic E-state index is 12.9. The number of hydrogen-bond acceptors (Lipinski definition) is 6. The average molecular weight is 488 g/mol. The van der Waals surface area contributed by atoms with Gasteiger partial charge in [-0.15, -0.1) is 0 Å². The number of carboxylic acid groups (broad SMARTS) is 1. The van der Waals surface area contributed by atoms with Crippen molar-refractivity contribution in [2.75, 3.05) is 37.0 Å². The van der Waals surface area contributed by atoms with Gasteiger partial charge in [0.1, 0.15) is 16.5 Å². The van der Waals surface area contributed by atoms with Crippen molar-refractivity contribution in [3.63, 3.8) is 0 Å². The van der Waals surface area contributed by atoms with Gasteiger partial charge in [0.05, 0.1) is 18.8 Å².